The van der Waals surface area contributed by atoms with Gasteiger partial charge in [0.15, 0.2) is 0 Å². The van der Waals surface area contributed by atoms with Crippen LogP contribution in [0.5, 0.6) is 5.75 Å². The Morgan fingerprint density at radius 1 is 1.15 bits per heavy atom. The number of aryl methyl sites for hydroxylation is 1. The van der Waals surface area contributed by atoms with E-state index in [4.69, 9.17) is 4.74 Å². The summed E-state index contributed by atoms with van der Waals surface area (Å²) in [4.78, 5) is 0. The maximum absolute atomic E-state index is 5.69. The van der Waals surface area contributed by atoms with Crippen molar-refractivity contribution in [1.29, 1.82) is 0 Å². The van der Waals surface area contributed by atoms with E-state index in [0.717, 1.165) is 35.5 Å². The molecule has 0 unspecified atom stereocenters. The van der Waals surface area contributed by atoms with Crippen molar-refractivity contribution in [2.75, 3.05) is 11.9 Å². The Hall–Kier alpha value is -1.62. The lowest BCUT2D eigenvalue weighted by atomic mass is 10.2. The van der Waals surface area contributed by atoms with Crippen molar-refractivity contribution in [2.45, 2.75) is 39.7 Å². The maximum Gasteiger partial charge on any atom is 0.205 e. The highest BCUT2D eigenvalue weighted by Crippen LogP contribution is 2.17. The molecule has 0 spiro atoms. The molecular formula is C15H21N3OS. The van der Waals surface area contributed by atoms with Crippen LogP contribution in [0.15, 0.2) is 24.3 Å². The highest BCUT2D eigenvalue weighted by atomic mass is 32.1. The lowest BCUT2D eigenvalue weighted by Gasteiger charge is -2.07. The van der Waals surface area contributed by atoms with Crippen LogP contribution in [-0.2, 0) is 6.54 Å². The fourth-order valence-corrected chi connectivity index (χ4v) is 2.38. The Balaban J connectivity index is 1.76. The van der Waals surface area contributed by atoms with Crippen molar-refractivity contribution in [2.24, 2.45) is 0 Å². The summed E-state index contributed by atoms with van der Waals surface area (Å²) < 4.78 is 5.69. The van der Waals surface area contributed by atoms with E-state index in [1.807, 2.05) is 19.1 Å². The molecule has 2 aromatic rings. The zero-order valence-corrected chi connectivity index (χ0v) is 12.9. The van der Waals surface area contributed by atoms with E-state index in [-0.39, 0.29) is 0 Å². The lowest BCUT2D eigenvalue weighted by molar-refractivity contribution is 0.306. The van der Waals surface area contributed by atoms with E-state index < -0.39 is 0 Å². The molecule has 1 N–H and O–H groups in total. The Bertz CT molecular complexity index is 510. The van der Waals surface area contributed by atoms with Gasteiger partial charge in [0.25, 0.3) is 0 Å². The minimum absolute atomic E-state index is 0.755. The summed E-state index contributed by atoms with van der Waals surface area (Å²) in [5.41, 5.74) is 1.21. The van der Waals surface area contributed by atoms with Crippen LogP contribution in [0.2, 0.25) is 0 Å². The van der Waals surface area contributed by atoms with Crippen molar-refractivity contribution in [3.05, 3.63) is 34.8 Å². The molecule has 0 aliphatic heterocycles. The number of hydrogen-bond acceptors (Lipinski definition) is 5. The van der Waals surface area contributed by atoms with Crippen molar-refractivity contribution in [1.82, 2.24) is 10.2 Å². The van der Waals surface area contributed by atoms with Gasteiger partial charge in [-0.05, 0) is 31.0 Å². The largest absolute Gasteiger partial charge is 0.494 e. The number of rotatable bonds is 8. The molecule has 1 heterocycles. The first-order chi connectivity index (χ1) is 9.78. The van der Waals surface area contributed by atoms with E-state index in [1.165, 1.54) is 18.4 Å². The summed E-state index contributed by atoms with van der Waals surface area (Å²) >= 11 is 1.57. The third kappa shape index (κ3) is 4.81. The second-order valence-corrected chi connectivity index (χ2v) is 5.86. The summed E-state index contributed by atoms with van der Waals surface area (Å²) in [5, 5.41) is 13.1. The van der Waals surface area contributed by atoms with Crippen LogP contribution < -0.4 is 10.1 Å². The number of ether oxygens (including phenoxy) is 1. The van der Waals surface area contributed by atoms with Crippen LogP contribution in [0.1, 0.15) is 36.8 Å². The zero-order chi connectivity index (χ0) is 14.2. The van der Waals surface area contributed by atoms with Crippen LogP contribution >= 0.6 is 11.3 Å². The molecule has 0 atom stereocenters. The molecule has 1 aromatic heterocycles. The van der Waals surface area contributed by atoms with Gasteiger partial charge < -0.3 is 10.1 Å². The van der Waals surface area contributed by atoms with Gasteiger partial charge in [-0.3, -0.25) is 0 Å². The molecular weight excluding hydrogens is 270 g/mol. The number of unbranched alkanes of at least 4 members (excludes halogenated alkanes) is 2. The van der Waals surface area contributed by atoms with Gasteiger partial charge in [-0.2, -0.15) is 0 Å². The molecule has 5 heteroatoms. The fraction of sp³-hybridized carbons (Fsp3) is 0.467. The molecule has 4 nitrogen and oxygen atoms in total. The molecule has 108 valence electrons. The van der Waals surface area contributed by atoms with Gasteiger partial charge in [-0.15, -0.1) is 10.2 Å². The molecule has 1 aromatic carbocycles. The highest BCUT2D eigenvalue weighted by molar-refractivity contribution is 7.15. The standard InChI is InChI=1S/C15H21N3OS/c1-3-4-5-10-19-14-8-6-13(7-9-14)11-16-15-18-17-12(2)20-15/h6-9H,3-5,10-11H2,1-2H3,(H,16,18). The topological polar surface area (TPSA) is 47.0 Å². The number of nitrogens with zero attached hydrogens (tertiary/aromatic N) is 2. The average molecular weight is 291 g/mol. The summed E-state index contributed by atoms with van der Waals surface area (Å²) in [6.45, 7) is 5.70. The molecule has 0 aliphatic rings. The predicted octanol–water partition coefficient (Wildman–Crippen LogP) is 4.03. The third-order valence-corrected chi connectivity index (χ3v) is 3.71. The lowest BCUT2D eigenvalue weighted by Crippen LogP contribution is -2.00. The second kappa shape index (κ2) is 7.85. The van der Waals surface area contributed by atoms with Gasteiger partial charge in [0, 0.05) is 6.54 Å². The van der Waals surface area contributed by atoms with E-state index in [9.17, 15) is 0 Å². The Morgan fingerprint density at radius 2 is 1.95 bits per heavy atom. The van der Waals surface area contributed by atoms with Crippen molar-refractivity contribution < 1.29 is 4.74 Å². The van der Waals surface area contributed by atoms with Crippen LogP contribution in [-0.4, -0.2) is 16.8 Å². The summed E-state index contributed by atoms with van der Waals surface area (Å²) in [6, 6.07) is 8.20. The number of anilines is 1. The zero-order valence-electron chi connectivity index (χ0n) is 12.1. The SMILES string of the molecule is CCCCCOc1ccc(CNc2nnc(C)s2)cc1. The molecule has 2 rings (SSSR count). The molecule has 0 bridgehead atoms. The first kappa shape index (κ1) is 14.8. The van der Waals surface area contributed by atoms with Crippen LogP contribution in [0.3, 0.4) is 0 Å². The number of hydrogen-bond donors (Lipinski definition) is 1. The Morgan fingerprint density at radius 3 is 2.60 bits per heavy atom. The monoisotopic (exact) mass is 291 g/mol. The number of benzene rings is 1. The molecule has 0 radical (unpaired) electrons. The van der Waals surface area contributed by atoms with Gasteiger partial charge in [0.05, 0.1) is 6.61 Å². The van der Waals surface area contributed by atoms with Crippen molar-refractivity contribution in [3.63, 3.8) is 0 Å². The smallest absolute Gasteiger partial charge is 0.205 e. The van der Waals surface area contributed by atoms with Gasteiger partial charge in [-0.1, -0.05) is 43.2 Å². The first-order valence-electron chi connectivity index (χ1n) is 7.03. The number of aromatic nitrogens is 2. The quantitative estimate of drug-likeness (QED) is 0.746. The average Bonchev–Trinajstić information content (AvgIpc) is 2.88. The molecule has 0 fully saturated rings. The van der Waals surface area contributed by atoms with Crippen LogP contribution in [0.4, 0.5) is 5.13 Å². The van der Waals surface area contributed by atoms with Crippen LogP contribution in [0, 0.1) is 6.92 Å². The normalized spacial score (nSPS) is 10.5. The second-order valence-electron chi connectivity index (χ2n) is 4.68. The summed E-state index contributed by atoms with van der Waals surface area (Å²) in [7, 11) is 0. The number of nitrogens with one attached hydrogen (secondary N) is 1. The van der Waals surface area contributed by atoms with Crippen LogP contribution in [0.25, 0.3) is 0 Å². The van der Waals surface area contributed by atoms with Crippen molar-refractivity contribution in [3.8, 4) is 5.75 Å². The summed E-state index contributed by atoms with van der Waals surface area (Å²) in [6.07, 6.45) is 3.57. The van der Waals surface area contributed by atoms with Gasteiger partial charge in [0.2, 0.25) is 5.13 Å². The minimum atomic E-state index is 0.755. The molecule has 20 heavy (non-hydrogen) atoms. The van der Waals surface area contributed by atoms with E-state index in [0.29, 0.717) is 0 Å². The van der Waals surface area contributed by atoms with Gasteiger partial charge in [0.1, 0.15) is 10.8 Å². The maximum atomic E-state index is 5.69. The molecule has 0 amide bonds. The molecule has 0 saturated carbocycles. The van der Waals surface area contributed by atoms with E-state index in [1.54, 1.807) is 11.3 Å². The Kier molecular flexibility index (Phi) is 5.80. The minimum Gasteiger partial charge on any atom is -0.494 e. The van der Waals surface area contributed by atoms with Gasteiger partial charge >= 0.3 is 0 Å². The Labute approximate surface area is 124 Å². The van der Waals surface area contributed by atoms with E-state index >= 15 is 0 Å². The summed E-state index contributed by atoms with van der Waals surface area (Å²) in [5.74, 6) is 0.941. The molecule has 0 aliphatic carbocycles. The third-order valence-electron chi connectivity index (χ3n) is 2.91. The predicted molar refractivity (Wildman–Crippen MR) is 83.4 cm³/mol. The fourth-order valence-electron chi connectivity index (χ4n) is 1.79. The first-order valence-corrected chi connectivity index (χ1v) is 7.85. The van der Waals surface area contributed by atoms with E-state index in [2.05, 4.69) is 34.6 Å². The van der Waals surface area contributed by atoms with Crippen molar-refractivity contribution >= 4 is 16.5 Å². The van der Waals surface area contributed by atoms with Gasteiger partial charge in [-0.25, -0.2) is 0 Å². The highest BCUT2D eigenvalue weighted by Gasteiger charge is 2.00. The molecule has 0 saturated heterocycles.